The number of hydrogen-bond acceptors (Lipinski definition) is 5. The van der Waals surface area contributed by atoms with Gasteiger partial charge in [0, 0.05) is 37.0 Å². The van der Waals surface area contributed by atoms with E-state index in [1.165, 1.54) is 60.8 Å². The largest absolute Gasteiger partial charge is 0.323 e. The zero-order chi connectivity index (χ0) is 22.5. The van der Waals surface area contributed by atoms with Crippen molar-refractivity contribution in [1.29, 1.82) is 0 Å². The monoisotopic (exact) mass is 430 g/mol. The Kier molecular flexibility index (Phi) is 7.15. The van der Waals surface area contributed by atoms with Crippen LogP contribution in [0.3, 0.4) is 0 Å². The maximum absolute atomic E-state index is 12.0. The van der Waals surface area contributed by atoms with E-state index in [-0.39, 0.29) is 0 Å². The molecule has 2 aromatic rings. The molecule has 0 amide bonds. The number of benzene rings is 2. The summed E-state index contributed by atoms with van der Waals surface area (Å²) < 4.78 is 0. The molecule has 2 aliphatic carbocycles. The quantitative estimate of drug-likeness (QED) is 0.271. The van der Waals surface area contributed by atoms with Gasteiger partial charge < -0.3 is 5.84 Å². The van der Waals surface area contributed by atoms with Crippen LogP contribution in [0.4, 0.5) is 0 Å². The third-order valence-corrected chi connectivity index (χ3v) is 6.95. The third kappa shape index (κ3) is 5.16. The summed E-state index contributed by atoms with van der Waals surface area (Å²) in [5, 5.41) is 3.82. The summed E-state index contributed by atoms with van der Waals surface area (Å²) in [5.41, 5.74) is 7.54. The van der Waals surface area contributed by atoms with Gasteiger partial charge in [0.15, 0.2) is 0 Å². The molecule has 0 heterocycles. The van der Waals surface area contributed by atoms with Crippen molar-refractivity contribution in [2.75, 3.05) is 14.1 Å². The smallest absolute Gasteiger partial charge is 0.150 e. The number of hydrogen-bond donors (Lipinski definition) is 1. The van der Waals surface area contributed by atoms with E-state index in [9.17, 15) is 4.79 Å². The summed E-state index contributed by atoms with van der Waals surface area (Å²) in [7, 11) is 3.91. The first-order valence-electron chi connectivity index (χ1n) is 11.7. The summed E-state index contributed by atoms with van der Waals surface area (Å²) in [5.74, 6) is 6.13. The zero-order valence-corrected chi connectivity index (χ0v) is 19.3. The van der Waals surface area contributed by atoms with Crippen molar-refractivity contribution in [2.24, 2.45) is 15.9 Å². The van der Waals surface area contributed by atoms with Crippen LogP contribution in [0.25, 0.3) is 0 Å². The predicted octanol–water partition coefficient (Wildman–Crippen LogP) is 4.71. The van der Waals surface area contributed by atoms with Crippen LogP contribution in [0.15, 0.2) is 46.5 Å². The van der Waals surface area contributed by atoms with Crippen LogP contribution >= 0.6 is 0 Å². The lowest BCUT2D eigenvalue weighted by molar-refractivity contribution is 0.112. The van der Waals surface area contributed by atoms with Crippen LogP contribution in [0, 0.1) is 0 Å². The number of nitrogens with two attached hydrogens (primary N) is 1. The summed E-state index contributed by atoms with van der Waals surface area (Å²) in [6.45, 7) is 0.855. The Morgan fingerprint density at radius 1 is 1.09 bits per heavy atom. The number of carbonyl (C=O) groups excluding carboxylic acids is 1. The number of aliphatic imine (C=N–C) groups is 1. The number of nitrogens with zero attached hydrogens (tertiary/aromatic N) is 3. The second-order valence-corrected chi connectivity index (χ2v) is 9.27. The zero-order valence-electron chi connectivity index (χ0n) is 19.3. The van der Waals surface area contributed by atoms with Gasteiger partial charge >= 0.3 is 0 Å². The molecule has 2 N–H and O–H groups in total. The average Bonchev–Trinajstić information content (AvgIpc) is 3.51. The van der Waals surface area contributed by atoms with Crippen LogP contribution in [0.2, 0.25) is 0 Å². The highest BCUT2D eigenvalue weighted by Gasteiger charge is 2.28. The fraction of sp³-hybridized carbons (Fsp3) is 0.444. The Hall–Kier alpha value is -2.79. The molecule has 168 valence electrons. The van der Waals surface area contributed by atoms with Gasteiger partial charge in [0.25, 0.3) is 0 Å². The Morgan fingerprint density at radius 2 is 1.81 bits per heavy atom. The van der Waals surface area contributed by atoms with Gasteiger partial charge in [-0.3, -0.25) is 14.7 Å². The molecule has 5 nitrogen and oxygen atoms in total. The number of aldehydes is 1. The van der Waals surface area contributed by atoms with Gasteiger partial charge in [-0.05, 0) is 73.4 Å². The first-order chi connectivity index (χ1) is 15.6. The Morgan fingerprint density at radius 3 is 2.41 bits per heavy atom. The van der Waals surface area contributed by atoms with Crippen LogP contribution in [0.5, 0.6) is 0 Å². The normalized spacial score (nSPS) is 17.5. The lowest BCUT2D eigenvalue weighted by atomic mass is 9.91. The molecule has 2 saturated carbocycles. The Labute approximate surface area is 191 Å². The van der Waals surface area contributed by atoms with E-state index in [0.717, 1.165) is 30.4 Å². The van der Waals surface area contributed by atoms with Crippen LogP contribution < -0.4 is 5.84 Å². The van der Waals surface area contributed by atoms with Crippen LogP contribution in [0.1, 0.15) is 82.6 Å². The maximum Gasteiger partial charge on any atom is 0.150 e. The van der Waals surface area contributed by atoms with E-state index >= 15 is 0 Å². The van der Waals surface area contributed by atoms with Crippen LogP contribution in [-0.4, -0.2) is 43.2 Å². The highest BCUT2D eigenvalue weighted by molar-refractivity contribution is 6.38. The highest BCUT2D eigenvalue weighted by atomic mass is 16.1. The van der Waals surface area contributed by atoms with Crippen molar-refractivity contribution >= 4 is 18.2 Å². The summed E-state index contributed by atoms with van der Waals surface area (Å²) in [4.78, 5) is 18.4. The Balaban J connectivity index is 1.57. The molecule has 0 aliphatic heterocycles. The molecule has 2 aromatic carbocycles. The van der Waals surface area contributed by atoms with E-state index < -0.39 is 0 Å². The first kappa shape index (κ1) is 22.4. The molecule has 4 rings (SSSR count). The molecule has 32 heavy (non-hydrogen) atoms. The third-order valence-electron chi connectivity index (χ3n) is 6.95. The van der Waals surface area contributed by atoms with Crippen molar-refractivity contribution in [1.82, 2.24) is 4.90 Å². The highest BCUT2D eigenvalue weighted by Crippen LogP contribution is 2.43. The van der Waals surface area contributed by atoms with Crippen molar-refractivity contribution < 1.29 is 4.79 Å². The molecule has 2 aliphatic rings. The van der Waals surface area contributed by atoms with Gasteiger partial charge in [0.1, 0.15) is 12.0 Å². The number of hydrazone groups is 1. The average molecular weight is 431 g/mol. The van der Waals surface area contributed by atoms with Crippen molar-refractivity contribution in [3.63, 3.8) is 0 Å². The minimum absolute atomic E-state index is 0.636. The molecule has 0 aromatic heterocycles. The van der Waals surface area contributed by atoms with Crippen molar-refractivity contribution in [2.45, 2.75) is 63.5 Å². The van der Waals surface area contributed by atoms with Gasteiger partial charge in [-0.1, -0.05) is 43.2 Å². The van der Waals surface area contributed by atoms with E-state index in [0.29, 0.717) is 17.7 Å². The second-order valence-electron chi connectivity index (χ2n) is 9.27. The van der Waals surface area contributed by atoms with Gasteiger partial charge in [-0.2, -0.15) is 5.10 Å². The molecule has 2 fully saturated rings. The summed E-state index contributed by atoms with van der Waals surface area (Å²) in [6, 6.07) is 13.4. The lowest BCUT2D eigenvalue weighted by Crippen LogP contribution is -2.29. The van der Waals surface area contributed by atoms with Gasteiger partial charge in [-0.25, -0.2) is 0 Å². The van der Waals surface area contributed by atoms with E-state index in [1.807, 2.05) is 12.1 Å². The second kappa shape index (κ2) is 10.2. The maximum atomic E-state index is 12.0. The van der Waals surface area contributed by atoms with Crippen molar-refractivity contribution in [3.05, 3.63) is 69.8 Å². The number of rotatable bonds is 9. The minimum atomic E-state index is 0.636. The molecule has 0 atom stereocenters. The van der Waals surface area contributed by atoms with Crippen LogP contribution in [-0.2, 0) is 13.0 Å². The summed E-state index contributed by atoms with van der Waals surface area (Å²) >= 11 is 0. The summed E-state index contributed by atoms with van der Waals surface area (Å²) in [6.07, 6.45) is 11.2. The number of carbonyl (C=O) groups is 1. The minimum Gasteiger partial charge on any atom is -0.323 e. The molecule has 0 spiro atoms. The molecule has 0 unspecified atom stereocenters. The predicted molar refractivity (Wildman–Crippen MR) is 132 cm³/mol. The molecular formula is C27H34N4O. The standard InChI is InChI=1S/C27H34N4O/c1-29-16-27(30-28)21-9-7-19(8-10-21)13-22-14-24(18-32)23(15-26(22)20-11-12-20)17-31(2)25-5-3-4-6-25/h7-10,14-16,18,20,25H,3-6,11-13,17,28H2,1-2H3. The van der Waals surface area contributed by atoms with Crippen molar-refractivity contribution in [3.8, 4) is 0 Å². The first-order valence-corrected chi connectivity index (χ1v) is 11.7. The molecule has 0 radical (unpaired) electrons. The molecule has 0 bridgehead atoms. The topological polar surface area (TPSA) is 71.0 Å². The SMILES string of the molecule is CN=CC(=NN)c1ccc(Cc2cc(C=O)c(CN(C)C3CCCC3)cc2C2CC2)cc1. The fourth-order valence-corrected chi connectivity index (χ4v) is 4.96. The van der Waals surface area contributed by atoms with E-state index in [2.05, 4.69) is 46.3 Å². The molecule has 5 heteroatoms. The van der Waals surface area contributed by atoms with E-state index in [1.54, 1.807) is 13.3 Å². The van der Waals surface area contributed by atoms with Gasteiger partial charge in [0.05, 0.1) is 0 Å². The lowest BCUT2D eigenvalue weighted by Gasteiger charge is -2.25. The van der Waals surface area contributed by atoms with Gasteiger partial charge in [0.2, 0.25) is 0 Å². The Bertz CT molecular complexity index is 999. The molecular weight excluding hydrogens is 396 g/mol. The fourth-order valence-electron chi connectivity index (χ4n) is 4.96. The molecule has 0 saturated heterocycles. The van der Waals surface area contributed by atoms with E-state index in [4.69, 9.17) is 5.84 Å². The van der Waals surface area contributed by atoms with Gasteiger partial charge in [-0.15, -0.1) is 0 Å².